The monoisotopic (exact) mass is 435 g/mol. The summed E-state index contributed by atoms with van der Waals surface area (Å²) in [5, 5.41) is 4.47. The van der Waals surface area contributed by atoms with Crippen LogP contribution in [0.4, 0.5) is 4.39 Å². The lowest BCUT2D eigenvalue weighted by Gasteiger charge is -2.34. The molecule has 1 N–H and O–H groups in total. The summed E-state index contributed by atoms with van der Waals surface area (Å²) in [4.78, 5) is 31.1. The zero-order valence-electron chi connectivity index (χ0n) is 17.8. The number of hydrogen-bond donors (Lipinski definition) is 1. The molecule has 5 heterocycles. The molecule has 3 aromatic rings. The lowest BCUT2D eigenvalue weighted by Crippen LogP contribution is -2.44. The molecule has 166 valence electrons. The topological polar surface area (TPSA) is 72.2 Å². The van der Waals surface area contributed by atoms with Gasteiger partial charge in [-0.1, -0.05) is 12.2 Å². The van der Waals surface area contributed by atoms with Gasteiger partial charge in [0.25, 0.3) is 11.1 Å². The molecular formula is C24H26FN5O2. The van der Waals surface area contributed by atoms with Gasteiger partial charge in [0.15, 0.2) is 0 Å². The van der Waals surface area contributed by atoms with Crippen molar-refractivity contribution in [3.8, 4) is 0 Å². The first-order valence-electron chi connectivity index (χ1n) is 11.1. The molecule has 0 bridgehead atoms. The minimum absolute atomic E-state index is 0.0198. The summed E-state index contributed by atoms with van der Waals surface area (Å²) in [5.74, 6) is -0.332. The molecule has 32 heavy (non-hydrogen) atoms. The van der Waals surface area contributed by atoms with Crippen LogP contribution in [0.5, 0.6) is 0 Å². The highest BCUT2D eigenvalue weighted by Gasteiger charge is 2.29. The minimum Gasteiger partial charge on any atom is -0.310 e. The molecule has 0 amide bonds. The van der Waals surface area contributed by atoms with E-state index in [2.05, 4.69) is 15.2 Å². The van der Waals surface area contributed by atoms with Crippen molar-refractivity contribution in [2.75, 3.05) is 26.2 Å². The fourth-order valence-corrected chi connectivity index (χ4v) is 4.86. The van der Waals surface area contributed by atoms with Gasteiger partial charge in [0, 0.05) is 49.4 Å². The van der Waals surface area contributed by atoms with Gasteiger partial charge in [-0.2, -0.15) is 0 Å². The Morgan fingerprint density at radius 3 is 2.66 bits per heavy atom. The Kier molecular flexibility index (Phi) is 5.71. The molecule has 1 fully saturated rings. The maximum Gasteiger partial charge on any atom is 0.252 e. The van der Waals surface area contributed by atoms with Crippen molar-refractivity contribution in [1.82, 2.24) is 24.3 Å². The Bertz CT molecular complexity index is 1270. The van der Waals surface area contributed by atoms with Gasteiger partial charge < -0.3 is 10.2 Å². The molecular weight excluding hydrogens is 409 g/mol. The zero-order chi connectivity index (χ0) is 22.1. The van der Waals surface area contributed by atoms with Gasteiger partial charge in [-0.25, -0.2) is 4.39 Å². The maximum atomic E-state index is 13.2. The number of rotatable bonds is 6. The Morgan fingerprint density at radius 2 is 1.88 bits per heavy atom. The van der Waals surface area contributed by atoms with Gasteiger partial charge >= 0.3 is 0 Å². The second kappa shape index (κ2) is 8.80. The Balaban J connectivity index is 1.15. The average molecular weight is 436 g/mol. The number of aromatic nitrogens is 3. The molecule has 7 nitrogen and oxygen atoms in total. The summed E-state index contributed by atoms with van der Waals surface area (Å²) in [6.45, 7) is 3.93. The van der Waals surface area contributed by atoms with Crippen LogP contribution in [0.2, 0.25) is 0 Å². The van der Waals surface area contributed by atoms with E-state index in [1.165, 1.54) is 12.3 Å². The van der Waals surface area contributed by atoms with E-state index in [0.29, 0.717) is 12.6 Å². The van der Waals surface area contributed by atoms with Crippen molar-refractivity contribution in [3.05, 3.63) is 80.9 Å². The highest BCUT2D eigenvalue weighted by Crippen LogP contribution is 2.25. The first kappa shape index (κ1) is 20.8. The molecule has 0 aliphatic carbocycles. The van der Waals surface area contributed by atoms with E-state index < -0.39 is 0 Å². The lowest BCUT2D eigenvalue weighted by molar-refractivity contribution is 0.173. The van der Waals surface area contributed by atoms with E-state index in [9.17, 15) is 14.0 Å². The highest BCUT2D eigenvalue weighted by atomic mass is 19.1. The third-order valence-corrected chi connectivity index (χ3v) is 6.43. The van der Waals surface area contributed by atoms with E-state index >= 15 is 0 Å². The first-order chi connectivity index (χ1) is 15.6. The van der Waals surface area contributed by atoms with Crippen LogP contribution >= 0.6 is 0 Å². The van der Waals surface area contributed by atoms with E-state index in [0.717, 1.165) is 55.6 Å². The molecule has 8 heteroatoms. The van der Waals surface area contributed by atoms with Gasteiger partial charge in [-0.15, -0.1) is 0 Å². The number of hydrogen-bond acceptors (Lipinski definition) is 5. The molecule has 0 unspecified atom stereocenters. The van der Waals surface area contributed by atoms with Crippen molar-refractivity contribution in [1.29, 1.82) is 0 Å². The van der Waals surface area contributed by atoms with Crippen LogP contribution in [0.15, 0.2) is 58.4 Å². The number of nitrogens with one attached hydrogen (secondary N) is 1. The zero-order valence-corrected chi connectivity index (χ0v) is 17.8. The van der Waals surface area contributed by atoms with Crippen LogP contribution in [0.25, 0.3) is 17.1 Å². The molecule has 3 aromatic heterocycles. The Hall–Kier alpha value is -3.10. The first-order valence-corrected chi connectivity index (χ1v) is 11.1. The Morgan fingerprint density at radius 1 is 1.09 bits per heavy atom. The normalized spacial score (nSPS) is 19.3. The third-order valence-electron chi connectivity index (χ3n) is 6.43. The summed E-state index contributed by atoms with van der Waals surface area (Å²) in [7, 11) is 0. The summed E-state index contributed by atoms with van der Waals surface area (Å²) in [5.41, 5.74) is 1.40. The summed E-state index contributed by atoms with van der Waals surface area (Å²) in [6, 6.07) is 8.63. The lowest BCUT2D eigenvalue weighted by atomic mass is 10.0. The molecule has 2 aliphatic heterocycles. The van der Waals surface area contributed by atoms with Crippen molar-refractivity contribution in [3.63, 3.8) is 0 Å². The number of nitrogens with zero attached hydrogens (tertiary/aromatic N) is 4. The molecule has 5 rings (SSSR count). The van der Waals surface area contributed by atoms with Crippen molar-refractivity contribution < 1.29 is 4.39 Å². The van der Waals surface area contributed by atoms with Gasteiger partial charge in [-0.3, -0.25) is 23.7 Å². The van der Waals surface area contributed by atoms with Gasteiger partial charge in [0.2, 0.25) is 0 Å². The minimum atomic E-state index is -0.332. The average Bonchev–Trinajstić information content (AvgIpc) is 3.18. The standard InChI is InChI=1S/C24H26FN5O2/c25-19-12-17(13-26-14-19)2-1-9-27-20-7-10-28(11-8-20)15-21-16-29-22(31)5-3-18-4-6-23(32)30(21)24(18)29/h1-6,12-14,20-21,27H,7-11,15-16H2/t21-/m1/s1. The van der Waals surface area contributed by atoms with Gasteiger partial charge in [0.1, 0.15) is 11.5 Å². The SMILES string of the molecule is O=c1ccc2ccc(=O)n3c2n1C[C@H]3CN1CCC(NCC=Cc2cncc(F)c2)CC1. The van der Waals surface area contributed by atoms with Gasteiger partial charge in [0.05, 0.1) is 12.2 Å². The number of halogens is 1. The molecule has 0 saturated carbocycles. The summed E-state index contributed by atoms with van der Waals surface area (Å²) < 4.78 is 16.7. The van der Waals surface area contributed by atoms with Crippen molar-refractivity contribution >= 4 is 17.1 Å². The van der Waals surface area contributed by atoms with E-state index in [4.69, 9.17) is 0 Å². The number of likely N-dealkylation sites (tertiary alicyclic amines) is 1. The fraction of sp³-hybridized carbons (Fsp3) is 0.375. The van der Waals surface area contributed by atoms with Crippen molar-refractivity contribution in [2.24, 2.45) is 0 Å². The highest BCUT2D eigenvalue weighted by molar-refractivity contribution is 5.76. The predicted octanol–water partition coefficient (Wildman–Crippen LogP) is 2.02. The van der Waals surface area contributed by atoms with Crippen LogP contribution in [-0.4, -0.2) is 51.2 Å². The Labute approximate surface area is 184 Å². The third kappa shape index (κ3) is 4.16. The smallest absolute Gasteiger partial charge is 0.252 e. The molecule has 1 saturated heterocycles. The van der Waals surface area contributed by atoms with Crippen LogP contribution in [-0.2, 0) is 6.54 Å². The predicted molar refractivity (Wildman–Crippen MR) is 122 cm³/mol. The molecule has 0 aromatic carbocycles. The van der Waals surface area contributed by atoms with E-state index in [-0.39, 0.29) is 23.0 Å². The largest absolute Gasteiger partial charge is 0.310 e. The van der Waals surface area contributed by atoms with E-state index in [1.54, 1.807) is 39.6 Å². The number of pyridine rings is 3. The van der Waals surface area contributed by atoms with Gasteiger partial charge in [-0.05, 0) is 49.7 Å². The van der Waals surface area contributed by atoms with Crippen LogP contribution < -0.4 is 16.4 Å². The molecule has 2 aliphatic rings. The maximum absolute atomic E-state index is 13.2. The fourth-order valence-electron chi connectivity index (χ4n) is 4.86. The molecule has 0 spiro atoms. The summed E-state index contributed by atoms with van der Waals surface area (Å²) in [6.07, 6.45) is 8.74. The second-order valence-corrected chi connectivity index (χ2v) is 8.58. The number of piperidine rings is 1. The van der Waals surface area contributed by atoms with Crippen molar-refractivity contribution in [2.45, 2.75) is 31.5 Å². The molecule has 0 radical (unpaired) electrons. The van der Waals surface area contributed by atoms with Crippen LogP contribution in [0.1, 0.15) is 24.4 Å². The second-order valence-electron chi connectivity index (χ2n) is 8.58. The van der Waals surface area contributed by atoms with E-state index in [1.807, 2.05) is 12.2 Å². The quantitative estimate of drug-likeness (QED) is 0.642. The van der Waals surface area contributed by atoms with Crippen LogP contribution in [0.3, 0.4) is 0 Å². The molecule has 1 atom stereocenters. The van der Waals surface area contributed by atoms with Crippen LogP contribution in [0, 0.1) is 5.82 Å². The summed E-state index contributed by atoms with van der Waals surface area (Å²) >= 11 is 0.